The first kappa shape index (κ1) is 21.8. The van der Waals surface area contributed by atoms with Gasteiger partial charge in [0.15, 0.2) is 39.9 Å². The van der Waals surface area contributed by atoms with Gasteiger partial charge < -0.3 is 30.9 Å². The highest BCUT2D eigenvalue weighted by atomic mass is 35.5. The molecule has 1 aliphatic heterocycles. The Morgan fingerprint density at radius 3 is 1.72 bits per heavy atom. The van der Waals surface area contributed by atoms with Gasteiger partial charge in [-0.25, -0.2) is 0 Å². The summed E-state index contributed by atoms with van der Waals surface area (Å²) in [7, 11) is 0. The van der Waals surface area contributed by atoms with E-state index in [1.807, 2.05) is 0 Å². The maximum Gasteiger partial charge on any atom is 0.276 e. The normalized spacial score (nSPS) is 42.6. The second-order valence-electron chi connectivity index (χ2n) is 6.11. The van der Waals surface area contributed by atoms with Crippen LogP contribution in [-0.4, -0.2) is 77.8 Å². The van der Waals surface area contributed by atoms with Crippen molar-refractivity contribution >= 4 is 34.7 Å². The number of aliphatic hydroxyl groups excluding tert-OH is 1. The lowest BCUT2D eigenvalue weighted by molar-refractivity contribution is -0.343. The fourth-order valence-corrected chi connectivity index (χ4v) is 3.42. The molecule has 0 aromatic rings. The summed E-state index contributed by atoms with van der Waals surface area (Å²) in [5.74, 6) is -5.14. The van der Waals surface area contributed by atoms with Crippen LogP contribution in [0.1, 0.15) is 27.7 Å². The Kier molecular flexibility index (Phi) is 5.37. The molecule has 1 heterocycles. The number of hydrogen-bond acceptors (Lipinski definition) is 10. The average molecular weight is 382 g/mol. The Hall–Kier alpha value is -1.27. The lowest BCUT2D eigenvalue weighted by Gasteiger charge is -2.60. The minimum atomic E-state index is -3.52. The number of aliphatic hydroxyl groups is 4. The smallest absolute Gasteiger partial charge is 0.276 e. The number of Topliss-reactive ketones (excluding diaryl/α,β-unsaturated/α-hetero) is 4. The van der Waals surface area contributed by atoms with Gasteiger partial charge in [-0.05, 0) is 27.7 Å². The van der Waals surface area contributed by atoms with E-state index in [-0.39, 0.29) is 0 Å². The highest BCUT2D eigenvalue weighted by Gasteiger charge is 2.82. The first-order valence-corrected chi connectivity index (χ1v) is 7.45. The molecule has 10 nitrogen and oxygen atoms in total. The molecule has 0 bridgehead atoms. The van der Waals surface area contributed by atoms with Crippen LogP contribution in [0.4, 0.5) is 0 Å². The zero-order valence-electron chi connectivity index (χ0n) is 13.9. The molecule has 0 amide bonds. The van der Waals surface area contributed by atoms with E-state index < -0.39 is 57.3 Å². The number of ketones is 4. The van der Waals surface area contributed by atoms with Crippen molar-refractivity contribution < 1.29 is 44.3 Å². The second kappa shape index (κ2) is 6.16. The number of halogens is 1. The highest BCUT2D eigenvalue weighted by Crippen LogP contribution is 2.51. The van der Waals surface area contributed by atoms with E-state index in [9.17, 15) is 39.6 Å². The van der Waals surface area contributed by atoms with Crippen LogP contribution in [-0.2, 0) is 23.9 Å². The molecule has 1 fully saturated rings. The van der Waals surface area contributed by atoms with Gasteiger partial charge in [0.05, 0.1) is 0 Å². The van der Waals surface area contributed by atoms with Crippen LogP contribution in [0.25, 0.3) is 0 Å². The summed E-state index contributed by atoms with van der Waals surface area (Å²) in [4.78, 5) is 47.9. The summed E-state index contributed by atoms with van der Waals surface area (Å²) < 4.78 is 4.82. The first-order valence-electron chi connectivity index (χ1n) is 7.07. The first-order chi connectivity index (χ1) is 11.0. The Balaban J connectivity index is 3.99. The molecule has 142 valence electrons. The van der Waals surface area contributed by atoms with E-state index in [1.54, 1.807) is 0 Å². The third-order valence-corrected chi connectivity index (χ3v) is 5.00. The van der Waals surface area contributed by atoms with Gasteiger partial charge in [0.25, 0.3) is 5.25 Å². The topological polar surface area (TPSA) is 184 Å². The van der Waals surface area contributed by atoms with Crippen LogP contribution >= 0.6 is 11.6 Å². The Labute approximate surface area is 147 Å². The zero-order chi connectivity index (χ0) is 20.2. The van der Waals surface area contributed by atoms with Crippen LogP contribution in [0.15, 0.2) is 0 Å². The van der Waals surface area contributed by atoms with E-state index in [4.69, 9.17) is 22.1 Å². The summed E-state index contributed by atoms with van der Waals surface area (Å²) in [5, 5.41) is 38.8. The van der Waals surface area contributed by atoms with Crippen molar-refractivity contribution in [2.45, 2.75) is 61.9 Å². The van der Waals surface area contributed by atoms with Crippen molar-refractivity contribution in [2.75, 3.05) is 0 Å². The van der Waals surface area contributed by atoms with E-state index in [0.29, 0.717) is 13.8 Å². The number of rotatable bonds is 5. The molecule has 0 saturated carbocycles. The summed E-state index contributed by atoms with van der Waals surface area (Å²) in [6.07, 6.45) is -4.68. The number of carbonyl (C=O) groups is 4. The molecule has 0 radical (unpaired) electrons. The minimum absolute atomic E-state index is 0.675. The van der Waals surface area contributed by atoms with Crippen LogP contribution in [0.2, 0.25) is 0 Å². The molecule has 1 rings (SSSR count). The molecule has 6 N–H and O–H groups in total. The molecule has 1 saturated heterocycles. The molecule has 0 aliphatic carbocycles. The number of hydrogen-bond donors (Lipinski definition) is 5. The van der Waals surface area contributed by atoms with E-state index in [0.717, 1.165) is 13.8 Å². The van der Waals surface area contributed by atoms with Crippen molar-refractivity contribution in [1.29, 1.82) is 0 Å². The quantitative estimate of drug-likeness (QED) is 0.310. The summed E-state index contributed by atoms with van der Waals surface area (Å²) in [6, 6.07) is 0. The fourth-order valence-electron chi connectivity index (χ4n) is 3.06. The van der Waals surface area contributed by atoms with Crippen LogP contribution in [0.3, 0.4) is 0 Å². The van der Waals surface area contributed by atoms with Crippen LogP contribution < -0.4 is 5.73 Å². The number of carbonyl (C=O) groups excluding carboxylic acids is 4. The van der Waals surface area contributed by atoms with E-state index in [1.165, 1.54) is 0 Å². The second-order valence-corrected chi connectivity index (χ2v) is 6.62. The van der Waals surface area contributed by atoms with Crippen molar-refractivity contribution in [3.05, 3.63) is 0 Å². The van der Waals surface area contributed by atoms with Gasteiger partial charge in [-0.3, -0.25) is 19.2 Å². The molecule has 0 aromatic heterocycles. The zero-order valence-corrected chi connectivity index (χ0v) is 14.7. The summed E-state index contributed by atoms with van der Waals surface area (Å²) in [5.41, 5.74) is -4.39. The van der Waals surface area contributed by atoms with Crippen molar-refractivity contribution in [3.63, 3.8) is 0 Å². The highest BCUT2D eigenvalue weighted by molar-refractivity contribution is 6.26. The Bertz CT molecular complexity index is 650. The lowest BCUT2D eigenvalue weighted by Crippen LogP contribution is -2.92. The van der Waals surface area contributed by atoms with Crippen molar-refractivity contribution in [1.82, 2.24) is 0 Å². The van der Waals surface area contributed by atoms with Gasteiger partial charge in [0, 0.05) is 0 Å². The van der Waals surface area contributed by atoms with Gasteiger partial charge in [0.2, 0.25) is 0 Å². The molecular formula is C14H20ClNO9. The molecule has 0 aromatic carbocycles. The molecule has 0 spiro atoms. The van der Waals surface area contributed by atoms with E-state index in [2.05, 4.69) is 0 Å². The summed E-state index contributed by atoms with van der Waals surface area (Å²) >= 11 is 5.71. The van der Waals surface area contributed by atoms with Gasteiger partial charge in [-0.1, -0.05) is 11.6 Å². The maximum atomic E-state index is 12.2. The van der Waals surface area contributed by atoms with E-state index >= 15 is 0 Å². The Morgan fingerprint density at radius 1 is 1.00 bits per heavy atom. The lowest BCUT2D eigenvalue weighted by atomic mass is 9.58. The Morgan fingerprint density at radius 2 is 1.44 bits per heavy atom. The monoisotopic (exact) mass is 381 g/mol. The number of alkyl halides is 1. The SMILES string of the molecule is CC(=O)C(O)[C@H]1OC(O)(Cl)[C@@](N)(C(C)=O)[C@](O)(C(C)=O)[C@@]1(O)C(C)=O. The molecule has 1 aliphatic rings. The maximum absolute atomic E-state index is 12.2. The largest absolute Gasteiger partial charge is 0.382 e. The predicted molar refractivity (Wildman–Crippen MR) is 81.2 cm³/mol. The minimum Gasteiger partial charge on any atom is -0.382 e. The van der Waals surface area contributed by atoms with Crippen molar-refractivity contribution in [2.24, 2.45) is 5.73 Å². The van der Waals surface area contributed by atoms with Crippen LogP contribution in [0, 0.1) is 0 Å². The molecule has 11 heteroatoms. The van der Waals surface area contributed by atoms with Gasteiger partial charge in [0.1, 0.15) is 12.2 Å². The van der Waals surface area contributed by atoms with Gasteiger partial charge in [-0.15, -0.1) is 0 Å². The fraction of sp³-hybridized carbons (Fsp3) is 0.714. The number of ether oxygens (including phenoxy) is 1. The molecule has 2 unspecified atom stereocenters. The standard InChI is InChI=1S/C14H20ClNO9/c1-5(17)9(21)10-11(22,6(2)18)13(23,8(4)20)12(16,7(3)19)14(15,24)25-10/h9-10,21-24H,16H2,1-4H3/t9?,10-,11-,12-,13+,14?/m1/s1. The predicted octanol–water partition coefficient (Wildman–Crippen LogP) is -2.85. The molecule has 6 atom stereocenters. The van der Waals surface area contributed by atoms with Crippen LogP contribution in [0.5, 0.6) is 0 Å². The third kappa shape index (κ3) is 2.48. The average Bonchev–Trinajstić information content (AvgIpc) is 2.47. The molecular weight excluding hydrogens is 362 g/mol. The van der Waals surface area contributed by atoms with Gasteiger partial charge in [-0.2, -0.15) is 0 Å². The number of nitrogens with two attached hydrogens (primary N) is 1. The third-order valence-electron chi connectivity index (χ3n) is 4.61. The van der Waals surface area contributed by atoms with Crippen molar-refractivity contribution in [3.8, 4) is 0 Å². The summed E-state index contributed by atoms with van der Waals surface area (Å²) in [6.45, 7) is 2.96. The molecule has 25 heavy (non-hydrogen) atoms. The van der Waals surface area contributed by atoms with Gasteiger partial charge >= 0.3 is 0 Å².